The molecule has 0 amide bonds. The van der Waals surface area contributed by atoms with Gasteiger partial charge in [-0.1, -0.05) is 51.5 Å². The minimum Gasteiger partial charge on any atom is -0.322 e. The first kappa shape index (κ1) is 24.7. The van der Waals surface area contributed by atoms with Crippen molar-refractivity contribution in [1.82, 2.24) is 35.0 Å². The molecule has 3 heterocycles. The monoisotopic (exact) mass is 503 g/mol. The summed E-state index contributed by atoms with van der Waals surface area (Å²) in [5.41, 5.74) is 2.89. The van der Waals surface area contributed by atoms with Crippen molar-refractivity contribution in [2.24, 2.45) is 0 Å². The summed E-state index contributed by atoms with van der Waals surface area (Å²) in [6.07, 6.45) is 13.6. The maximum absolute atomic E-state index is 13.6. The zero-order valence-electron chi connectivity index (χ0n) is 22.2. The van der Waals surface area contributed by atoms with Crippen molar-refractivity contribution in [2.45, 2.75) is 95.7 Å². The summed E-state index contributed by atoms with van der Waals surface area (Å²) in [6, 6.07) is 9.23. The van der Waals surface area contributed by atoms with E-state index in [1.165, 1.54) is 56.9 Å². The van der Waals surface area contributed by atoms with Crippen molar-refractivity contribution in [3.8, 4) is 0 Å². The molecule has 1 atom stereocenters. The van der Waals surface area contributed by atoms with E-state index in [1.807, 2.05) is 6.07 Å². The van der Waals surface area contributed by atoms with Gasteiger partial charge >= 0.3 is 0 Å². The molecular weight excluding hydrogens is 462 g/mol. The van der Waals surface area contributed by atoms with E-state index >= 15 is 0 Å². The lowest BCUT2D eigenvalue weighted by Crippen LogP contribution is -2.52. The number of aromatic nitrogens is 5. The van der Waals surface area contributed by atoms with Crippen LogP contribution in [-0.2, 0) is 6.42 Å². The van der Waals surface area contributed by atoms with Crippen LogP contribution in [0.25, 0.3) is 10.9 Å². The van der Waals surface area contributed by atoms with E-state index in [9.17, 15) is 4.79 Å². The Kier molecular flexibility index (Phi) is 7.38. The van der Waals surface area contributed by atoms with Gasteiger partial charge in [-0.3, -0.25) is 14.6 Å². The van der Waals surface area contributed by atoms with E-state index in [-0.39, 0.29) is 11.6 Å². The molecule has 0 unspecified atom stereocenters. The third kappa shape index (κ3) is 5.10. The Morgan fingerprint density at radius 1 is 0.919 bits per heavy atom. The van der Waals surface area contributed by atoms with Crippen LogP contribution in [0.1, 0.15) is 100 Å². The zero-order valence-corrected chi connectivity index (χ0v) is 22.2. The van der Waals surface area contributed by atoms with Crippen LogP contribution < -0.4 is 5.56 Å². The second-order valence-corrected chi connectivity index (χ2v) is 11.4. The average molecular weight is 504 g/mol. The maximum Gasteiger partial charge on any atom is 0.253 e. The van der Waals surface area contributed by atoms with Crippen molar-refractivity contribution in [1.29, 1.82) is 0 Å². The van der Waals surface area contributed by atoms with E-state index in [2.05, 4.69) is 60.1 Å². The Morgan fingerprint density at radius 2 is 1.62 bits per heavy atom. The number of nitrogens with one attached hydrogen (secondary N) is 1. The van der Waals surface area contributed by atoms with E-state index in [0.717, 1.165) is 73.8 Å². The molecule has 2 aromatic heterocycles. The van der Waals surface area contributed by atoms with Crippen LogP contribution >= 0.6 is 0 Å². The van der Waals surface area contributed by atoms with Gasteiger partial charge < -0.3 is 4.98 Å². The number of piperazine rings is 1. The lowest BCUT2D eigenvalue weighted by molar-refractivity contribution is 0.0610. The second kappa shape index (κ2) is 11.0. The van der Waals surface area contributed by atoms with Crippen LogP contribution in [0.4, 0.5) is 0 Å². The number of aromatic amines is 1. The Hall–Kier alpha value is -2.58. The van der Waals surface area contributed by atoms with Gasteiger partial charge in [-0.15, -0.1) is 5.10 Å². The van der Waals surface area contributed by atoms with Crippen molar-refractivity contribution >= 4 is 10.9 Å². The molecule has 0 spiro atoms. The van der Waals surface area contributed by atoms with Crippen LogP contribution in [-0.4, -0.2) is 67.2 Å². The van der Waals surface area contributed by atoms with Gasteiger partial charge in [0.05, 0.1) is 6.04 Å². The fourth-order valence-corrected chi connectivity index (χ4v) is 6.97. The molecule has 3 fully saturated rings. The van der Waals surface area contributed by atoms with Crippen molar-refractivity contribution < 1.29 is 0 Å². The first-order valence-electron chi connectivity index (χ1n) is 14.6. The van der Waals surface area contributed by atoms with E-state index in [0.29, 0.717) is 6.04 Å². The molecule has 3 aliphatic rings. The van der Waals surface area contributed by atoms with Gasteiger partial charge in [0, 0.05) is 43.3 Å². The number of fused-ring (bicyclic) bond motifs is 1. The number of rotatable bonds is 6. The van der Waals surface area contributed by atoms with Crippen molar-refractivity contribution in [3.05, 3.63) is 51.6 Å². The number of hydrogen-bond donors (Lipinski definition) is 1. The van der Waals surface area contributed by atoms with Crippen molar-refractivity contribution in [3.63, 3.8) is 0 Å². The third-order valence-corrected chi connectivity index (χ3v) is 9.13. The lowest BCUT2D eigenvalue weighted by Gasteiger charge is -2.43. The fourth-order valence-electron chi connectivity index (χ4n) is 6.97. The summed E-state index contributed by atoms with van der Waals surface area (Å²) in [6.45, 7) is 6.09. The van der Waals surface area contributed by atoms with Gasteiger partial charge in [0.2, 0.25) is 0 Å². The van der Waals surface area contributed by atoms with Gasteiger partial charge in [0.1, 0.15) is 6.04 Å². The molecule has 1 saturated heterocycles. The number of benzene rings is 1. The number of aryl methyl sites for hydroxylation is 1. The average Bonchev–Trinajstić information content (AvgIpc) is 3.44. The van der Waals surface area contributed by atoms with Gasteiger partial charge in [0.25, 0.3) is 5.56 Å². The quantitative estimate of drug-likeness (QED) is 0.528. The normalized spacial score (nSPS) is 22.0. The molecule has 0 bridgehead atoms. The summed E-state index contributed by atoms with van der Waals surface area (Å²) in [7, 11) is 0. The van der Waals surface area contributed by atoms with Crippen LogP contribution in [0.2, 0.25) is 0 Å². The highest BCUT2D eigenvalue weighted by Crippen LogP contribution is 2.34. The second-order valence-electron chi connectivity index (χ2n) is 11.4. The number of nitrogens with zero attached hydrogens (tertiary/aromatic N) is 6. The highest BCUT2D eigenvalue weighted by Gasteiger charge is 2.35. The lowest BCUT2D eigenvalue weighted by atomic mass is 9.93. The molecule has 37 heavy (non-hydrogen) atoms. The highest BCUT2D eigenvalue weighted by atomic mass is 16.1. The molecule has 198 valence electrons. The van der Waals surface area contributed by atoms with Crippen LogP contribution in [0, 0.1) is 0 Å². The molecule has 1 N–H and O–H groups in total. The molecule has 8 heteroatoms. The van der Waals surface area contributed by atoms with Crippen molar-refractivity contribution in [2.75, 3.05) is 26.2 Å². The molecule has 1 aliphatic heterocycles. The predicted molar refractivity (Wildman–Crippen MR) is 146 cm³/mol. The van der Waals surface area contributed by atoms with Gasteiger partial charge in [-0.05, 0) is 71.7 Å². The first-order valence-corrected chi connectivity index (χ1v) is 14.6. The third-order valence-electron chi connectivity index (χ3n) is 9.13. The maximum atomic E-state index is 13.6. The van der Waals surface area contributed by atoms with Gasteiger partial charge in [-0.25, -0.2) is 4.68 Å². The van der Waals surface area contributed by atoms with E-state index in [1.54, 1.807) is 0 Å². The van der Waals surface area contributed by atoms with Crippen LogP contribution in [0.15, 0.2) is 29.1 Å². The smallest absolute Gasteiger partial charge is 0.253 e. The standard InChI is InChI=1S/C29H41N7O/c1-2-21-13-14-26-22(19-21)20-25(29(37)30-26)27(28-31-32-33-36(28)24-11-7-4-8-12-24)35-17-15-34(16-18-35)23-9-5-3-6-10-23/h13-14,19-20,23-24,27H,2-12,15-18H2,1H3,(H,30,37)/t27-/m0/s1. The minimum atomic E-state index is -0.246. The molecular formula is C29H41N7O. The van der Waals surface area contributed by atoms with Gasteiger partial charge in [-0.2, -0.15) is 0 Å². The van der Waals surface area contributed by atoms with E-state index < -0.39 is 0 Å². The molecule has 2 aliphatic carbocycles. The molecule has 6 rings (SSSR count). The SMILES string of the molecule is CCc1ccc2[nH]c(=O)c([C@@H](c3nnnn3C3CCCCC3)N3CCN(C4CCCCC4)CC3)cc2c1. The van der Waals surface area contributed by atoms with Crippen LogP contribution in [0.3, 0.4) is 0 Å². The first-order chi connectivity index (χ1) is 18.2. The summed E-state index contributed by atoms with van der Waals surface area (Å²) in [4.78, 5) is 21.9. The topological polar surface area (TPSA) is 82.9 Å². The molecule has 3 aromatic rings. The fraction of sp³-hybridized carbons (Fsp3) is 0.655. The largest absolute Gasteiger partial charge is 0.322 e. The number of hydrogen-bond acceptors (Lipinski definition) is 6. The highest BCUT2D eigenvalue weighted by molar-refractivity contribution is 5.80. The summed E-state index contributed by atoms with van der Waals surface area (Å²) in [5.74, 6) is 0.828. The molecule has 1 aromatic carbocycles. The Balaban J connectivity index is 1.37. The summed E-state index contributed by atoms with van der Waals surface area (Å²) >= 11 is 0. The summed E-state index contributed by atoms with van der Waals surface area (Å²) in [5, 5.41) is 14.3. The Morgan fingerprint density at radius 3 is 2.32 bits per heavy atom. The number of pyridine rings is 1. The molecule has 8 nitrogen and oxygen atoms in total. The number of tetrazole rings is 1. The Labute approximate surface area is 219 Å². The molecule has 0 radical (unpaired) electrons. The van der Waals surface area contributed by atoms with Crippen LogP contribution in [0.5, 0.6) is 0 Å². The zero-order chi connectivity index (χ0) is 25.2. The number of H-pyrrole nitrogens is 1. The predicted octanol–water partition coefficient (Wildman–Crippen LogP) is 4.62. The van der Waals surface area contributed by atoms with E-state index in [4.69, 9.17) is 0 Å². The minimum absolute atomic E-state index is 0.0327. The molecule has 2 saturated carbocycles. The Bertz CT molecular complexity index is 1250. The summed E-state index contributed by atoms with van der Waals surface area (Å²) < 4.78 is 2.06. The van der Waals surface area contributed by atoms with Gasteiger partial charge in [0.15, 0.2) is 5.82 Å².